The van der Waals surface area contributed by atoms with E-state index in [2.05, 4.69) is 24.1 Å². The summed E-state index contributed by atoms with van der Waals surface area (Å²) in [5.41, 5.74) is 4.54. The smallest absolute Gasteiger partial charge is 0.231 e. The maximum atomic E-state index is 9.60. The van der Waals surface area contributed by atoms with Crippen LogP contribution in [-0.4, -0.2) is 12.2 Å². The fraction of sp³-hybridized carbons (Fsp3) is 0.200. The molecule has 3 nitrogen and oxygen atoms in total. The predicted octanol–water partition coefficient (Wildman–Crippen LogP) is 1.79. The quantitative estimate of drug-likeness (QED) is 0.753. The van der Waals surface area contributed by atoms with Crippen molar-refractivity contribution in [3.8, 4) is 6.07 Å². The minimum absolute atomic E-state index is 0.181. The zero-order chi connectivity index (χ0) is 10.8. The molecular weight excluding hydrogens is 196 g/mol. The first-order valence-electron chi connectivity index (χ1n) is 3.95. The summed E-state index contributed by atoms with van der Waals surface area (Å²) in [6, 6.07) is 11.9. The first-order chi connectivity index (χ1) is 6.70. The Morgan fingerprint density at radius 1 is 1.50 bits per heavy atom. The Balaban J connectivity index is 0.000000255. The minimum Gasteiger partial charge on any atom is -0.369 e. The van der Waals surface area contributed by atoms with Gasteiger partial charge >= 0.3 is 0 Å². The van der Waals surface area contributed by atoms with Gasteiger partial charge in [0.2, 0.25) is 5.91 Å². The first kappa shape index (κ1) is 12.5. The number of hydrogen-bond acceptors (Lipinski definition) is 3. The van der Waals surface area contributed by atoms with E-state index in [4.69, 9.17) is 5.26 Å². The van der Waals surface area contributed by atoms with Crippen LogP contribution in [0.2, 0.25) is 0 Å². The third-order valence-corrected chi connectivity index (χ3v) is 1.98. The number of nitriles is 1. The van der Waals surface area contributed by atoms with Gasteiger partial charge in [-0.3, -0.25) is 4.79 Å². The maximum absolute atomic E-state index is 9.60. The largest absolute Gasteiger partial charge is 0.369 e. The van der Waals surface area contributed by atoms with Gasteiger partial charge in [-0.25, -0.2) is 0 Å². The first-order valence-corrected chi connectivity index (χ1v) is 5.17. The molecule has 1 amide bonds. The fourth-order valence-corrected chi connectivity index (χ4v) is 1.06. The molecule has 0 fully saturated rings. The van der Waals surface area contributed by atoms with Gasteiger partial charge in [0.05, 0.1) is 6.07 Å². The summed E-state index contributed by atoms with van der Waals surface area (Å²) in [6.07, 6.45) is 1.90. The lowest BCUT2D eigenvalue weighted by molar-refractivity contribution is -0.117. The molecule has 0 heterocycles. The Kier molecular flexibility index (Phi) is 7.29. The summed E-state index contributed by atoms with van der Waals surface area (Å²) in [5.74, 6) is -0.572. The van der Waals surface area contributed by atoms with Crippen LogP contribution in [0, 0.1) is 11.3 Å². The number of nitrogens with two attached hydrogens (primary N) is 1. The molecule has 0 radical (unpaired) electrons. The van der Waals surface area contributed by atoms with Gasteiger partial charge < -0.3 is 5.73 Å². The lowest BCUT2D eigenvalue weighted by Crippen LogP contribution is -2.07. The van der Waals surface area contributed by atoms with Crippen LogP contribution in [0.15, 0.2) is 35.2 Å². The molecule has 0 bridgehead atoms. The van der Waals surface area contributed by atoms with Crippen LogP contribution >= 0.6 is 11.8 Å². The van der Waals surface area contributed by atoms with E-state index in [1.165, 1.54) is 4.90 Å². The molecule has 0 atom stereocenters. The molecule has 4 heteroatoms. The Labute approximate surface area is 87.9 Å². The Morgan fingerprint density at radius 2 is 2.07 bits per heavy atom. The van der Waals surface area contributed by atoms with Crippen molar-refractivity contribution in [3.05, 3.63) is 30.3 Å². The van der Waals surface area contributed by atoms with Gasteiger partial charge in [0.1, 0.15) is 6.42 Å². The van der Waals surface area contributed by atoms with Crippen molar-refractivity contribution in [1.82, 2.24) is 0 Å². The monoisotopic (exact) mass is 208 g/mol. The Morgan fingerprint density at radius 3 is 2.29 bits per heavy atom. The molecule has 0 unspecified atom stereocenters. The Hall–Kier alpha value is -1.47. The van der Waals surface area contributed by atoms with Crippen molar-refractivity contribution in [2.24, 2.45) is 5.73 Å². The molecule has 1 aromatic rings. The highest BCUT2D eigenvalue weighted by Gasteiger charge is 1.84. The highest BCUT2D eigenvalue weighted by Crippen LogP contribution is 2.11. The summed E-state index contributed by atoms with van der Waals surface area (Å²) < 4.78 is 0. The topological polar surface area (TPSA) is 66.9 Å². The average Bonchev–Trinajstić information content (AvgIpc) is 2.20. The summed E-state index contributed by atoms with van der Waals surface area (Å²) in [5, 5.41) is 7.69. The molecule has 2 N–H and O–H groups in total. The predicted molar refractivity (Wildman–Crippen MR) is 57.6 cm³/mol. The molecular formula is C10H12N2OS. The number of amides is 1. The molecule has 1 rings (SSSR count). The van der Waals surface area contributed by atoms with Crippen LogP contribution in [0.3, 0.4) is 0 Å². The molecule has 0 spiro atoms. The van der Waals surface area contributed by atoms with Gasteiger partial charge in [0, 0.05) is 4.90 Å². The minimum atomic E-state index is -0.572. The maximum Gasteiger partial charge on any atom is 0.231 e. The average molecular weight is 208 g/mol. The van der Waals surface area contributed by atoms with E-state index < -0.39 is 5.91 Å². The van der Waals surface area contributed by atoms with Crippen LogP contribution in [0.5, 0.6) is 0 Å². The van der Waals surface area contributed by atoms with E-state index in [0.29, 0.717) is 0 Å². The Bertz CT molecular complexity index is 306. The van der Waals surface area contributed by atoms with Crippen LogP contribution in [0.4, 0.5) is 0 Å². The van der Waals surface area contributed by atoms with E-state index in [1.807, 2.05) is 18.2 Å². The number of hydrogen-bond donors (Lipinski definition) is 1. The molecule has 0 aliphatic heterocycles. The molecule has 0 aliphatic carbocycles. The highest BCUT2D eigenvalue weighted by molar-refractivity contribution is 7.98. The van der Waals surface area contributed by atoms with Gasteiger partial charge in [0.25, 0.3) is 0 Å². The van der Waals surface area contributed by atoms with Crippen molar-refractivity contribution in [1.29, 1.82) is 5.26 Å². The van der Waals surface area contributed by atoms with Crippen LogP contribution < -0.4 is 5.73 Å². The standard InChI is InChI=1S/C7H8S.C3H4N2O/c1-8-7-5-3-2-4-6-7;4-2-1-3(5)6/h2-6H,1H3;1H2,(H2,5,6). The zero-order valence-electron chi connectivity index (χ0n) is 7.93. The van der Waals surface area contributed by atoms with E-state index in [9.17, 15) is 4.79 Å². The summed E-state index contributed by atoms with van der Waals surface area (Å²) >= 11 is 1.77. The van der Waals surface area contributed by atoms with E-state index in [0.717, 1.165) is 0 Å². The molecule has 0 aliphatic rings. The number of carbonyl (C=O) groups excluding carboxylic acids is 1. The number of nitrogens with zero attached hydrogens (tertiary/aromatic N) is 1. The van der Waals surface area contributed by atoms with E-state index in [-0.39, 0.29) is 6.42 Å². The lowest BCUT2D eigenvalue weighted by Gasteiger charge is -1.89. The SMILES string of the molecule is CSc1ccccc1.N#CCC(N)=O. The van der Waals surface area contributed by atoms with Gasteiger partial charge in [-0.15, -0.1) is 11.8 Å². The molecule has 74 valence electrons. The third kappa shape index (κ3) is 7.19. The summed E-state index contributed by atoms with van der Waals surface area (Å²) in [6.45, 7) is 0. The second-order valence-electron chi connectivity index (χ2n) is 2.32. The van der Waals surface area contributed by atoms with Crippen LogP contribution in [-0.2, 0) is 4.79 Å². The van der Waals surface area contributed by atoms with Gasteiger partial charge in [0.15, 0.2) is 0 Å². The molecule has 0 saturated carbocycles. The van der Waals surface area contributed by atoms with Crippen LogP contribution in [0.25, 0.3) is 0 Å². The second-order valence-corrected chi connectivity index (χ2v) is 3.20. The van der Waals surface area contributed by atoms with Crippen molar-refractivity contribution in [2.45, 2.75) is 11.3 Å². The van der Waals surface area contributed by atoms with Crippen LogP contribution in [0.1, 0.15) is 6.42 Å². The molecule has 0 aromatic heterocycles. The van der Waals surface area contributed by atoms with Crippen molar-refractivity contribution < 1.29 is 4.79 Å². The zero-order valence-corrected chi connectivity index (χ0v) is 8.75. The summed E-state index contributed by atoms with van der Waals surface area (Å²) in [7, 11) is 0. The van der Waals surface area contributed by atoms with E-state index in [1.54, 1.807) is 17.8 Å². The van der Waals surface area contributed by atoms with Gasteiger partial charge in [-0.05, 0) is 18.4 Å². The summed E-state index contributed by atoms with van der Waals surface area (Å²) in [4.78, 5) is 10.9. The number of thioether (sulfide) groups is 1. The van der Waals surface area contributed by atoms with E-state index >= 15 is 0 Å². The van der Waals surface area contributed by atoms with Crippen molar-refractivity contribution in [3.63, 3.8) is 0 Å². The van der Waals surface area contributed by atoms with Crippen molar-refractivity contribution >= 4 is 17.7 Å². The van der Waals surface area contributed by atoms with Gasteiger partial charge in [-0.1, -0.05) is 18.2 Å². The lowest BCUT2D eigenvalue weighted by atomic mass is 10.4. The van der Waals surface area contributed by atoms with Crippen molar-refractivity contribution in [2.75, 3.05) is 6.26 Å². The number of primary amides is 1. The number of benzene rings is 1. The molecule has 14 heavy (non-hydrogen) atoms. The van der Waals surface area contributed by atoms with Gasteiger partial charge in [-0.2, -0.15) is 5.26 Å². The second kappa shape index (κ2) is 8.14. The number of rotatable bonds is 2. The third-order valence-electron chi connectivity index (χ3n) is 1.23. The fourth-order valence-electron chi connectivity index (χ4n) is 0.634. The number of carbonyl (C=O) groups is 1. The highest BCUT2D eigenvalue weighted by atomic mass is 32.2. The normalized spacial score (nSPS) is 8.00. The molecule has 1 aromatic carbocycles. The molecule has 0 saturated heterocycles.